The van der Waals surface area contributed by atoms with E-state index in [1.807, 2.05) is 32.0 Å². The minimum atomic E-state index is -0.705. The molecule has 0 bridgehead atoms. The van der Waals surface area contributed by atoms with E-state index in [0.29, 0.717) is 19.1 Å². The second-order valence-corrected chi connectivity index (χ2v) is 5.74. The van der Waals surface area contributed by atoms with Crippen LogP contribution in [0.2, 0.25) is 0 Å². The van der Waals surface area contributed by atoms with E-state index in [4.69, 9.17) is 9.47 Å². The van der Waals surface area contributed by atoms with Gasteiger partial charge in [-0.25, -0.2) is 0 Å². The average Bonchev–Trinajstić information content (AvgIpc) is 2.45. The summed E-state index contributed by atoms with van der Waals surface area (Å²) in [6.07, 6.45) is 3.81. The van der Waals surface area contributed by atoms with Crippen molar-refractivity contribution in [3.05, 3.63) is 23.8 Å². The van der Waals surface area contributed by atoms with Gasteiger partial charge in [0, 0.05) is 0 Å². The molecule has 0 spiro atoms. The van der Waals surface area contributed by atoms with Crippen molar-refractivity contribution in [3.63, 3.8) is 0 Å². The molecule has 1 saturated carbocycles. The van der Waals surface area contributed by atoms with Crippen molar-refractivity contribution in [2.45, 2.75) is 52.1 Å². The normalized spacial score (nSPS) is 26.3. The Kier molecular flexibility index (Phi) is 4.92. The van der Waals surface area contributed by atoms with Gasteiger partial charge < -0.3 is 14.6 Å². The van der Waals surface area contributed by atoms with E-state index in [9.17, 15) is 5.11 Å². The van der Waals surface area contributed by atoms with E-state index >= 15 is 0 Å². The summed E-state index contributed by atoms with van der Waals surface area (Å²) in [5.41, 5.74) is 0.250. The first-order valence-corrected chi connectivity index (χ1v) is 7.71. The molecule has 1 N–H and O–H groups in total. The maximum absolute atomic E-state index is 10.9. The van der Waals surface area contributed by atoms with E-state index in [0.717, 1.165) is 42.7 Å². The molecule has 0 aliphatic heterocycles. The van der Waals surface area contributed by atoms with E-state index in [2.05, 4.69) is 6.92 Å². The highest BCUT2D eigenvalue weighted by molar-refractivity contribution is 5.44. The summed E-state index contributed by atoms with van der Waals surface area (Å²) >= 11 is 0. The molecule has 0 atom stereocenters. The molecule has 0 heterocycles. The van der Waals surface area contributed by atoms with Crippen LogP contribution in [0, 0.1) is 5.92 Å². The van der Waals surface area contributed by atoms with Crippen molar-refractivity contribution < 1.29 is 14.6 Å². The SMILES string of the molecule is CCOc1ccc(C2(O)CCC(C)CC2)cc1OCC. The molecule has 1 aromatic rings. The molecule has 3 heteroatoms. The fourth-order valence-corrected chi connectivity index (χ4v) is 2.87. The van der Waals surface area contributed by atoms with Crippen LogP contribution in [0.1, 0.15) is 52.0 Å². The van der Waals surface area contributed by atoms with Crippen LogP contribution in [0.3, 0.4) is 0 Å². The van der Waals surface area contributed by atoms with Crippen LogP contribution in [0.15, 0.2) is 18.2 Å². The Morgan fingerprint density at radius 1 is 1.10 bits per heavy atom. The molecule has 1 aliphatic carbocycles. The van der Waals surface area contributed by atoms with Crippen molar-refractivity contribution in [2.24, 2.45) is 5.92 Å². The van der Waals surface area contributed by atoms with Gasteiger partial charge in [0.25, 0.3) is 0 Å². The summed E-state index contributed by atoms with van der Waals surface area (Å²) in [6, 6.07) is 5.84. The second-order valence-electron chi connectivity index (χ2n) is 5.74. The minimum absolute atomic E-state index is 0.596. The highest BCUT2D eigenvalue weighted by Gasteiger charge is 2.34. The molecule has 2 rings (SSSR count). The number of ether oxygens (including phenoxy) is 2. The standard InChI is InChI=1S/C17H26O3/c1-4-19-15-7-6-14(12-16(15)20-5-2)17(18)10-8-13(3)9-11-17/h6-7,12-13,18H,4-5,8-11H2,1-3H3. The van der Waals surface area contributed by atoms with Crippen molar-refractivity contribution in [1.82, 2.24) is 0 Å². The van der Waals surface area contributed by atoms with Crippen molar-refractivity contribution >= 4 is 0 Å². The molecule has 112 valence electrons. The van der Waals surface area contributed by atoms with Gasteiger partial charge in [-0.1, -0.05) is 13.0 Å². The summed E-state index contributed by atoms with van der Waals surface area (Å²) in [5.74, 6) is 2.20. The third kappa shape index (κ3) is 3.26. The molecule has 0 aromatic heterocycles. The van der Waals surface area contributed by atoms with Crippen molar-refractivity contribution in [3.8, 4) is 11.5 Å². The smallest absolute Gasteiger partial charge is 0.161 e. The van der Waals surface area contributed by atoms with E-state index in [-0.39, 0.29) is 0 Å². The van der Waals surface area contributed by atoms with Gasteiger partial charge in [-0.05, 0) is 63.1 Å². The van der Waals surface area contributed by atoms with Crippen LogP contribution in [0.5, 0.6) is 11.5 Å². The second kappa shape index (κ2) is 6.49. The number of hydrogen-bond acceptors (Lipinski definition) is 3. The number of rotatable bonds is 5. The minimum Gasteiger partial charge on any atom is -0.490 e. The quantitative estimate of drug-likeness (QED) is 0.888. The molecule has 1 aliphatic rings. The van der Waals surface area contributed by atoms with Crippen LogP contribution >= 0.6 is 0 Å². The lowest BCUT2D eigenvalue weighted by Crippen LogP contribution is -2.30. The topological polar surface area (TPSA) is 38.7 Å². The van der Waals surface area contributed by atoms with Crippen LogP contribution < -0.4 is 9.47 Å². The molecular formula is C17H26O3. The zero-order chi connectivity index (χ0) is 14.6. The van der Waals surface area contributed by atoms with Crippen LogP contribution in [-0.2, 0) is 5.60 Å². The lowest BCUT2D eigenvalue weighted by Gasteiger charge is -2.35. The Morgan fingerprint density at radius 3 is 2.30 bits per heavy atom. The van der Waals surface area contributed by atoms with Gasteiger partial charge in [0.05, 0.1) is 18.8 Å². The molecule has 3 nitrogen and oxygen atoms in total. The van der Waals surface area contributed by atoms with E-state index < -0.39 is 5.60 Å². The van der Waals surface area contributed by atoms with Gasteiger partial charge in [-0.15, -0.1) is 0 Å². The van der Waals surface area contributed by atoms with Gasteiger partial charge in [0.1, 0.15) is 0 Å². The summed E-state index contributed by atoms with van der Waals surface area (Å²) in [5, 5.41) is 10.9. The molecule has 0 saturated heterocycles. The predicted molar refractivity (Wildman–Crippen MR) is 80.3 cm³/mol. The van der Waals surface area contributed by atoms with E-state index in [1.54, 1.807) is 0 Å². The molecule has 1 aromatic carbocycles. The monoisotopic (exact) mass is 278 g/mol. The summed E-state index contributed by atoms with van der Waals surface area (Å²) in [6.45, 7) is 7.38. The highest BCUT2D eigenvalue weighted by atomic mass is 16.5. The lowest BCUT2D eigenvalue weighted by atomic mass is 9.76. The van der Waals surface area contributed by atoms with Crippen LogP contribution in [0.25, 0.3) is 0 Å². The average molecular weight is 278 g/mol. The highest BCUT2D eigenvalue weighted by Crippen LogP contribution is 2.42. The van der Waals surface area contributed by atoms with Crippen molar-refractivity contribution in [1.29, 1.82) is 0 Å². The third-order valence-corrected chi connectivity index (χ3v) is 4.18. The first kappa shape index (κ1) is 15.2. The molecule has 0 amide bonds. The largest absolute Gasteiger partial charge is 0.490 e. The number of benzene rings is 1. The Bertz CT molecular complexity index is 434. The zero-order valence-electron chi connectivity index (χ0n) is 12.8. The summed E-state index contributed by atoms with van der Waals surface area (Å²) in [7, 11) is 0. The Morgan fingerprint density at radius 2 is 1.70 bits per heavy atom. The molecular weight excluding hydrogens is 252 g/mol. The Balaban J connectivity index is 2.25. The third-order valence-electron chi connectivity index (χ3n) is 4.18. The Hall–Kier alpha value is -1.22. The lowest BCUT2D eigenvalue weighted by molar-refractivity contribution is -0.0122. The first-order chi connectivity index (χ1) is 9.59. The molecule has 0 radical (unpaired) electrons. The number of aliphatic hydroxyl groups is 1. The van der Waals surface area contributed by atoms with Gasteiger partial charge in [0.2, 0.25) is 0 Å². The fraction of sp³-hybridized carbons (Fsp3) is 0.647. The van der Waals surface area contributed by atoms with Crippen molar-refractivity contribution in [2.75, 3.05) is 13.2 Å². The molecule has 20 heavy (non-hydrogen) atoms. The maximum atomic E-state index is 10.9. The van der Waals surface area contributed by atoms with Crippen LogP contribution in [-0.4, -0.2) is 18.3 Å². The summed E-state index contributed by atoms with van der Waals surface area (Å²) in [4.78, 5) is 0. The Labute approximate surface area is 121 Å². The summed E-state index contributed by atoms with van der Waals surface area (Å²) < 4.78 is 11.2. The van der Waals surface area contributed by atoms with Gasteiger partial charge in [0.15, 0.2) is 11.5 Å². The van der Waals surface area contributed by atoms with E-state index in [1.165, 1.54) is 0 Å². The fourth-order valence-electron chi connectivity index (χ4n) is 2.87. The van der Waals surface area contributed by atoms with Gasteiger partial charge in [-0.2, -0.15) is 0 Å². The molecule has 0 unspecified atom stereocenters. The van der Waals surface area contributed by atoms with Gasteiger partial charge in [-0.3, -0.25) is 0 Å². The zero-order valence-corrected chi connectivity index (χ0v) is 12.8. The van der Waals surface area contributed by atoms with Crippen LogP contribution in [0.4, 0.5) is 0 Å². The predicted octanol–water partition coefficient (Wildman–Crippen LogP) is 3.88. The molecule has 1 fully saturated rings. The number of hydrogen-bond donors (Lipinski definition) is 1. The maximum Gasteiger partial charge on any atom is 0.161 e. The van der Waals surface area contributed by atoms with Gasteiger partial charge >= 0.3 is 0 Å². The first-order valence-electron chi connectivity index (χ1n) is 7.71.